The first-order chi connectivity index (χ1) is 6.79. The van der Waals surface area contributed by atoms with Gasteiger partial charge in [0.05, 0.1) is 13.2 Å². The Labute approximate surface area is 85.8 Å². The molecule has 3 heteroatoms. The quantitative estimate of drug-likeness (QED) is 0.638. The third-order valence-corrected chi connectivity index (χ3v) is 3.69. The second-order valence-corrected chi connectivity index (χ2v) is 4.51. The average Bonchev–Trinajstić information content (AvgIpc) is 2.19. The zero-order valence-corrected chi connectivity index (χ0v) is 8.78. The van der Waals surface area contributed by atoms with Crippen LogP contribution in [0.4, 0.5) is 0 Å². The summed E-state index contributed by atoms with van der Waals surface area (Å²) >= 11 is 0. The molecule has 0 radical (unpaired) electrons. The van der Waals surface area contributed by atoms with E-state index in [2.05, 4.69) is 0 Å². The van der Waals surface area contributed by atoms with Gasteiger partial charge in [0.1, 0.15) is 0 Å². The molecule has 1 unspecified atom stereocenters. The van der Waals surface area contributed by atoms with Crippen molar-refractivity contribution in [3.63, 3.8) is 0 Å². The van der Waals surface area contributed by atoms with E-state index in [0.717, 1.165) is 25.7 Å². The van der Waals surface area contributed by atoms with Crippen LogP contribution in [0.25, 0.3) is 0 Å². The zero-order chi connectivity index (χ0) is 10.4. The van der Waals surface area contributed by atoms with E-state index in [9.17, 15) is 15.3 Å². The molecule has 1 saturated carbocycles. The molecule has 3 nitrogen and oxygen atoms in total. The van der Waals surface area contributed by atoms with Gasteiger partial charge in [0.15, 0.2) is 0 Å². The number of aliphatic hydroxyl groups is 3. The van der Waals surface area contributed by atoms with Crippen molar-refractivity contribution in [3.8, 4) is 0 Å². The topological polar surface area (TPSA) is 60.7 Å². The predicted molar refractivity (Wildman–Crippen MR) is 54.9 cm³/mol. The molecule has 0 saturated heterocycles. The number of hydrogen-bond donors (Lipinski definition) is 3. The highest BCUT2D eigenvalue weighted by Gasteiger charge is 2.37. The molecule has 0 amide bonds. The van der Waals surface area contributed by atoms with Crippen molar-refractivity contribution in [2.24, 2.45) is 11.3 Å². The van der Waals surface area contributed by atoms with Crippen LogP contribution in [0, 0.1) is 11.3 Å². The summed E-state index contributed by atoms with van der Waals surface area (Å²) in [6.07, 6.45) is 6.32. The van der Waals surface area contributed by atoms with Crippen molar-refractivity contribution >= 4 is 0 Å². The van der Waals surface area contributed by atoms with Gasteiger partial charge in [0.2, 0.25) is 0 Å². The van der Waals surface area contributed by atoms with Crippen molar-refractivity contribution in [1.82, 2.24) is 0 Å². The van der Waals surface area contributed by atoms with Gasteiger partial charge in [-0.1, -0.05) is 25.7 Å². The molecule has 3 N–H and O–H groups in total. The highest BCUT2D eigenvalue weighted by molar-refractivity contribution is 4.86. The Morgan fingerprint density at radius 1 is 0.929 bits per heavy atom. The maximum Gasteiger partial charge on any atom is 0.0512 e. The van der Waals surface area contributed by atoms with Gasteiger partial charge in [0, 0.05) is 12.0 Å². The van der Waals surface area contributed by atoms with Gasteiger partial charge in [-0.15, -0.1) is 0 Å². The van der Waals surface area contributed by atoms with Crippen LogP contribution in [-0.2, 0) is 0 Å². The van der Waals surface area contributed by atoms with Crippen LogP contribution in [0.2, 0.25) is 0 Å². The Hall–Kier alpha value is -0.120. The molecule has 0 spiro atoms. The molecule has 0 aliphatic heterocycles. The third-order valence-electron chi connectivity index (χ3n) is 3.69. The number of aliphatic hydroxyl groups excluding tert-OH is 3. The van der Waals surface area contributed by atoms with Crippen LogP contribution in [0.15, 0.2) is 0 Å². The van der Waals surface area contributed by atoms with E-state index in [4.69, 9.17) is 0 Å². The summed E-state index contributed by atoms with van der Waals surface area (Å²) in [5.41, 5.74) is -0.435. The highest BCUT2D eigenvalue weighted by Crippen LogP contribution is 2.38. The van der Waals surface area contributed by atoms with E-state index in [1.54, 1.807) is 0 Å². The van der Waals surface area contributed by atoms with Crippen LogP contribution in [-0.4, -0.2) is 35.1 Å². The molecule has 1 atom stereocenters. The van der Waals surface area contributed by atoms with Gasteiger partial charge in [-0.2, -0.15) is 0 Å². The standard InChI is InChI=1S/C11H22O3/c12-7-10-5-3-1-2-4-6-11(10,8-13)9-14/h10,12-14H,1-9H2. The Morgan fingerprint density at radius 2 is 1.57 bits per heavy atom. The summed E-state index contributed by atoms with van der Waals surface area (Å²) in [6.45, 7) is 0.0740. The largest absolute Gasteiger partial charge is 0.396 e. The number of rotatable bonds is 3. The molecule has 0 heterocycles. The van der Waals surface area contributed by atoms with Crippen molar-refractivity contribution in [1.29, 1.82) is 0 Å². The Balaban J connectivity index is 2.70. The molecule has 14 heavy (non-hydrogen) atoms. The summed E-state index contributed by atoms with van der Waals surface area (Å²) in [4.78, 5) is 0. The van der Waals surface area contributed by atoms with E-state index in [-0.39, 0.29) is 25.7 Å². The molecular weight excluding hydrogens is 180 g/mol. The van der Waals surface area contributed by atoms with Gasteiger partial charge in [-0.05, 0) is 18.8 Å². The molecule has 0 aromatic carbocycles. The van der Waals surface area contributed by atoms with Gasteiger partial charge in [-0.25, -0.2) is 0 Å². The summed E-state index contributed by atoms with van der Waals surface area (Å²) in [5.74, 6) is 0.0674. The van der Waals surface area contributed by atoms with Crippen molar-refractivity contribution in [2.45, 2.75) is 38.5 Å². The number of hydrogen-bond acceptors (Lipinski definition) is 3. The Morgan fingerprint density at radius 3 is 2.14 bits per heavy atom. The van der Waals surface area contributed by atoms with Crippen molar-refractivity contribution in [3.05, 3.63) is 0 Å². The second-order valence-electron chi connectivity index (χ2n) is 4.51. The molecule has 1 rings (SSSR count). The molecule has 84 valence electrons. The molecular formula is C11H22O3. The fourth-order valence-electron chi connectivity index (χ4n) is 2.48. The van der Waals surface area contributed by atoms with E-state index in [1.807, 2.05) is 0 Å². The lowest BCUT2D eigenvalue weighted by molar-refractivity contribution is -0.0338. The lowest BCUT2D eigenvalue weighted by Gasteiger charge is -2.38. The highest BCUT2D eigenvalue weighted by atomic mass is 16.3. The first-order valence-corrected chi connectivity index (χ1v) is 5.61. The molecule has 0 bridgehead atoms. The monoisotopic (exact) mass is 202 g/mol. The molecule has 0 aromatic heterocycles. The van der Waals surface area contributed by atoms with E-state index in [1.165, 1.54) is 12.8 Å². The van der Waals surface area contributed by atoms with Crippen LogP contribution < -0.4 is 0 Å². The minimum absolute atomic E-state index is 0.00523. The predicted octanol–water partition coefficient (Wildman–Crippen LogP) is 0.920. The molecule has 1 fully saturated rings. The summed E-state index contributed by atoms with van der Waals surface area (Å²) in [7, 11) is 0. The van der Waals surface area contributed by atoms with E-state index in [0.29, 0.717) is 0 Å². The Bertz CT molecular complexity index is 155. The van der Waals surface area contributed by atoms with Gasteiger partial charge >= 0.3 is 0 Å². The smallest absolute Gasteiger partial charge is 0.0512 e. The molecule has 1 aliphatic carbocycles. The third kappa shape index (κ3) is 2.47. The fraction of sp³-hybridized carbons (Fsp3) is 1.00. The minimum Gasteiger partial charge on any atom is -0.396 e. The lowest BCUT2D eigenvalue weighted by Crippen LogP contribution is -2.40. The minimum atomic E-state index is -0.435. The van der Waals surface area contributed by atoms with E-state index >= 15 is 0 Å². The summed E-state index contributed by atoms with van der Waals surface area (Å²) < 4.78 is 0. The van der Waals surface area contributed by atoms with Crippen LogP contribution in [0.3, 0.4) is 0 Å². The Kier molecular flexibility index (Phi) is 4.85. The first kappa shape index (κ1) is 12.0. The van der Waals surface area contributed by atoms with Gasteiger partial charge in [0.25, 0.3) is 0 Å². The molecule has 1 aliphatic rings. The summed E-state index contributed by atoms with van der Waals surface area (Å²) in [5, 5.41) is 28.1. The van der Waals surface area contributed by atoms with E-state index < -0.39 is 5.41 Å². The SMILES string of the molecule is OCC1CCCCCCC1(CO)CO. The lowest BCUT2D eigenvalue weighted by atomic mass is 9.69. The second kappa shape index (κ2) is 5.69. The van der Waals surface area contributed by atoms with Crippen LogP contribution in [0.5, 0.6) is 0 Å². The first-order valence-electron chi connectivity index (χ1n) is 5.61. The fourth-order valence-corrected chi connectivity index (χ4v) is 2.48. The van der Waals surface area contributed by atoms with Gasteiger partial charge in [-0.3, -0.25) is 0 Å². The molecule has 0 aromatic rings. The zero-order valence-electron chi connectivity index (χ0n) is 8.78. The maximum absolute atomic E-state index is 9.39. The summed E-state index contributed by atoms with van der Waals surface area (Å²) in [6, 6.07) is 0. The normalized spacial score (nSPS) is 28.1. The van der Waals surface area contributed by atoms with Crippen LogP contribution >= 0.6 is 0 Å². The van der Waals surface area contributed by atoms with Gasteiger partial charge < -0.3 is 15.3 Å². The average molecular weight is 202 g/mol. The van der Waals surface area contributed by atoms with Crippen molar-refractivity contribution in [2.75, 3.05) is 19.8 Å². The maximum atomic E-state index is 9.39. The van der Waals surface area contributed by atoms with Crippen molar-refractivity contribution < 1.29 is 15.3 Å². The van der Waals surface area contributed by atoms with Crippen LogP contribution in [0.1, 0.15) is 38.5 Å².